The van der Waals surface area contributed by atoms with Crippen LogP contribution in [0.15, 0.2) is 12.3 Å². The summed E-state index contributed by atoms with van der Waals surface area (Å²) < 4.78 is 1.69. The number of ketones is 1. The molecule has 2 unspecified atom stereocenters. The molecule has 0 spiro atoms. The molecule has 15 heavy (non-hydrogen) atoms. The van der Waals surface area contributed by atoms with Crippen LogP contribution in [0.1, 0.15) is 43.1 Å². The van der Waals surface area contributed by atoms with E-state index >= 15 is 0 Å². The number of carbonyl (C=O) groups is 1. The van der Waals surface area contributed by atoms with Crippen molar-refractivity contribution >= 4 is 5.78 Å². The van der Waals surface area contributed by atoms with Crippen molar-refractivity contribution in [3.05, 3.63) is 18.0 Å². The van der Waals surface area contributed by atoms with Crippen molar-refractivity contribution < 1.29 is 4.79 Å². The molecule has 0 bridgehead atoms. The van der Waals surface area contributed by atoms with E-state index in [1.165, 1.54) is 12.8 Å². The Hall–Kier alpha value is -1.12. The second kappa shape index (κ2) is 4.17. The molecule has 1 aliphatic rings. The fourth-order valence-electron chi connectivity index (χ4n) is 2.44. The maximum atomic E-state index is 12.0. The topological polar surface area (TPSA) is 34.9 Å². The molecule has 1 heterocycles. The van der Waals surface area contributed by atoms with E-state index in [9.17, 15) is 4.79 Å². The largest absolute Gasteiger partial charge is 0.292 e. The van der Waals surface area contributed by atoms with Crippen LogP contribution in [-0.2, 0) is 7.05 Å². The summed E-state index contributed by atoms with van der Waals surface area (Å²) in [4.78, 5) is 12.0. The third-order valence-corrected chi connectivity index (χ3v) is 3.46. The van der Waals surface area contributed by atoms with Crippen molar-refractivity contribution in [2.75, 3.05) is 0 Å². The monoisotopic (exact) mass is 206 g/mol. The average molecular weight is 206 g/mol. The molecule has 0 aliphatic heterocycles. The molecule has 0 aromatic carbocycles. The van der Waals surface area contributed by atoms with Crippen molar-refractivity contribution in [1.29, 1.82) is 0 Å². The summed E-state index contributed by atoms with van der Waals surface area (Å²) in [6.07, 6.45) is 6.35. The lowest BCUT2D eigenvalue weighted by Crippen LogP contribution is -2.12. The zero-order valence-electron chi connectivity index (χ0n) is 9.44. The van der Waals surface area contributed by atoms with Crippen molar-refractivity contribution in [2.45, 2.75) is 32.6 Å². The number of aromatic nitrogens is 2. The predicted molar refractivity (Wildman–Crippen MR) is 58.7 cm³/mol. The number of nitrogens with zero attached hydrogens (tertiary/aromatic N) is 2. The molecule has 2 rings (SSSR count). The molecule has 1 fully saturated rings. The van der Waals surface area contributed by atoms with Crippen LogP contribution < -0.4 is 0 Å². The Balaban J connectivity index is 2.03. The minimum atomic E-state index is 0.227. The summed E-state index contributed by atoms with van der Waals surface area (Å²) in [7, 11) is 1.85. The quantitative estimate of drug-likeness (QED) is 0.712. The summed E-state index contributed by atoms with van der Waals surface area (Å²) in [5.74, 6) is 1.22. The average Bonchev–Trinajstić information content (AvgIpc) is 2.84. The lowest BCUT2D eigenvalue weighted by molar-refractivity contribution is 0.0914. The molecule has 0 amide bonds. The van der Waals surface area contributed by atoms with E-state index in [-0.39, 0.29) is 11.7 Å². The Morgan fingerprint density at radius 3 is 2.93 bits per heavy atom. The molecule has 0 radical (unpaired) electrons. The Morgan fingerprint density at radius 1 is 1.60 bits per heavy atom. The van der Waals surface area contributed by atoms with Crippen LogP contribution in [0.3, 0.4) is 0 Å². The van der Waals surface area contributed by atoms with Crippen LogP contribution in [0.2, 0.25) is 0 Å². The van der Waals surface area contributed by atoms with E-state index in [4.69, 9.17) is 0 Å². The summed E-state index contributed by atoms with van der Waals surface area (Å²) >= 11 is 0. The first-order chi connectivity index (χ1) is 7.20. The van der Waals surface area contributed by atoms with Crippen LogP contribution >= 0.6 is 0 Å². The molecule has 3 nitrogen and oxygen atoms in total. The number of Topliss-reactive ketones (excluding diaryl/α,β-unsaturated/α-hetero) is 1. The summed E-state index contributed by atoms with van der Waals surface area (Å²) in [6.45, 7) is 2.21. The SMILES string of the molecule is CCC1CCC(C(=O)c2ccn(C)n2)C1. The molecule has 0 N–H and O–H groups in total. The van der Waals surface area contributed by atoms with E-state index in [1.807, 2.05) is 19.3 Å². The summed E-state index contributed by atoms with van der Waals surface area (Å²) in [5, 5.41) is 4.17. The highest BCUT2D eigenvalue weighted by Crippen LogP contribution is 2.34. The fourth-order valence-corrected chi connectivity index (χ4v) is 2.44. The van der Waals surface area contributed by atoms with Crippen LogP contribution in [-0.4, -0.2) is 15.6 Å². The Morgan fingerprint density at radius 2 is 2.40 bits per heavy atom. The van der Waals surface area contributed by atoms with Crippen molar-refractivity contribution in [3.63, 3.8) is 0 Å². The lowest BCUT2D eigenvalue weighted by Gasteiger charge is -2.06. The lowest BCUT2D eigenvalue weighted by atomic mass is 9.97. The van der Waals surface area contributed by atoms with Gasteiger partial charge >= 0.3 is 0 Å². The normalized spacial score (nSPS) is 25.7. The van der Waals surface area contributed by atoms with E-state index in [2.05, 4.69) is 12.0 Å². The van der Waals surface area contributed by atoms with Gasteiger partial charge < -0.3 is 0 Å². The maximum absolute atomic E-state index is 12.0. The highest BCUT2D eigenvalue weighted by Gasteiger charge is 2.30. The van der Waals surface area contributed by atoms with Crippen LogP contribution in [0.4, 0.5) is 0 Å². The van der Waals surface area contributed by atoms with Gasteiger partial charge in [-0.3, -0.25) is 9.48 Å². The van der Waals surface area contributed by atoms with Gasteiger partial charge in [0.05, 0.1) is 0 Å². The molecule has 82 valence electrons. The van der Waals surface area contributed by atoms with E-state index in [1.54, 1.807) is 4.68 Å². The zero-order chi connectivity index (χ0) is 10.8. The fraction of sp³-hybridized carbons (Fsp3) is 0.667. The van der Waals surface area contributed by atoms with Gasteiger partial charge in [0.1, 0.15) is 5.69 Å². The Labute approximate surface area is 90.5 Å². The Bertz CT molecular complexity index is 356. The first kappa shape index (κ1) is 10.4. The van der Waals surface area contributed by atoms with Gasteiger partial charge in [0.2, 0.25) is 0 Å². The minimum absolute atomic E-state index is 0.227. The Kier molecular flexibility index (Phi) is 2.89. The van der Waals surface area contributed by atoms with Gasteiger partial charge in [-0.15, -0.1) is 0 Å². The molecule has 1 aliphatic carbocycles. The highest BCUT2D eigenvalue weighted by molar-refractivity contribution is 5.96. The van der Waals surface area contributed by atoms with Crippen LogP contribution in [0.5, 0.6) is 0 Å². The third kappa shape index (κ3) is 2.11. The van der Waals surface area contributed by atoms with E-state index < -0.39 is 0 Å². The summed E-state index contributed by atoms with van der Waals surface area (Å²) in [5.41, 5.74) is 0.638. The van der Waals surface area contributed by atoms with Crippen molar-refractivity contribution in [3.8, 4) is 0 Å². The van der Waals surface area contributed by atoms with Crippen LogP contribution in [0, 0.1) is 11.8 Å². The molecule has 0 saturated heterocycles. The van der Waals surface area contributed by atoms with Crippen LogP contribution in [0.25, 0.3) is 0 Å². The van der Waals surface area contributed by atoms with Gasteiger partial charge in [-0.25, -0.2) is 0 Å². The molecule has 1 aromatic heterocycles. The second-order valence-electron chi connectivity index (χ2n) is 4.52. The molecule has 1 saturated carbocycles. The highest BCUT2D eigenvalue weighted by atomic mass is 16.1. The number of carbonyl (C=O) groups excluding carboxylic acids is 1. The summed E-state index contributed by atoms with van der Waals surface area (Å²) in [6, 6.07) is 1.82. The minimum Gasteiger partial charge on any atom is -0.292 e. The smallest absolute Gasteiger partial charge is 0.186 e. The number of hydrogen-bond donors (Lipinski definition) is 0. The standard InChI is InChI=1S/C12H18N2O/c1-3-9-4-5-10(8-9)12(15)11-6-7-14(2)13-11/h6-7,9-10H,3-5,8H2,1-2H3. The second-order valence-corrected chi connectivity index (χ2v) is 4.52. The molecule has 1 aromatic rings. The van der Waals surface area contributed by atoms with Crippen molar-refractivity contribution in [1.82, 2.24) is 9.78 Å². The first-order valence-corrected chi connectivity index (χ1v) is 5.74. The van der Waals surface area contributed by atoms with E-state index in [0.29, 0.717) is 5.69 Å². The zero-order valence-corrected chi connectivity index (χ0v) is 9.44. The third-order valence-electron chi connectivity index (χ3n) is 3.46. The van der Waals surface area contributed by atoms with Gasteiger partial charge in [0, 0.05) is 19.2 Å². The maximum Gasteiger partial charge on any atom is 0.186 e. The van der Waals surface area contributed by atoms with Gasteiger partial charge in [0.15, 0.2) is 5.78 Å². The first-order valence-electron chi connectivity index (χ1n) is 5.74. The molecular formula is C12H18N2O. The van der Waals surface area contributed by atoms with Gasteiger partial charge in [0.25, 0.3) is 0 Å². The number of rotatable bonds is 3. The number of hydrogen-bond acceptors (Lipinski definition) is 2. The number of aryl methyl sites for hydroxylation is 1. The van der Waals surface area contributed by atoms with Gasteiger partial charge in [-0.05, 0) is 31.2 Å². The van der Waals surface area contributed by atoms with Gasteiger partial charge in [-0.2, -0.15) is 5.10 Å². The molecular weight excluding hydrogens is 188 g/mol. The van der Waals surface area contributed by atoms with Crippen molar-refractivity contribution in [2.24, 2.45) is 18.9 Å². The molecule has 3 heteroatoms. The van der Waals surface area contributed by atoms with E-state index in [0.717, 1.165) is 18.8 Å². The molecule has 2 atom stereocenters. The van der Waals surface area contributed by atoms with Gasteiger partial charge in [-0.1, -0.05) is 13.3 Å². The predicted octanol–water partition coefficient (Wildman–Crippen LogP) is 2.43.